The second-order valence-electron chi connectivity index (χ2n) is 4.18. The zero-order valence-corrected chi connectivity index (χ0v) is 10.2. The minimum atomic E-state index is 0.0728. The summed E-state index contributed by atoms with van der Waals surface area (Å²) in [5.41, 5.74) is 0.657. The number of carbonyl (C=O) groups excluding carboxylic acids is 1. The quantitative estimate of drug-likeness (QED) is 0.793. The van der Waals surface area contributed by atoms with Crippen molar-refractivity contribution in [3.8, 4) is 11.5 Å². The van der Waals surface area contributed by atoms with Crippen LogP contribution in [0.15, 0.2) is 18.2 Å². The molecule has 0 saturated carbocycles. The fourth-order valence-corrected chi connectivity index (χ4v) is 1.58. The average molecular weight is 235 g/mol. The first-order valence-electron chi connectivity index (χ1n) is 5.87. The standard InChI is InChI=1S/C13H17NO3/c1-3-9(2)14-7-11(15)10-4-5-12-13(6-10)17-8-16-12/h4-6,9,14H,3,7-8H2,1-2H3. The van der Waals surface area contributed by atoms with E-state index in [2.05, 4.69) is 19.2 Å². The fraction of sp³-hybridized carbons (Fsp3) is 0.462. The number of ether oxygens (including phenoxy) is 2. The molecule has 1 aromatic carbocycles. The minimum Gasteiger partial charge on any atom is -0.454 e. The predicted octanol–water partition coefficient (Wildman–Crippen LogP) is 1.99. The Morgan fingerprint density at radius 1 is 1.41 bits per heavy atom. The molecule has 1 atom stereocenters. The molecule has 0 aromatic heterocycles. The Hall–Kier alpha value is -1.55. The van der Waals surface area contributed by atoms with Crippen molar-refractivity contribution in [2.75, 3.05) is 13.3 Å². The summed E-state index contributed by atoms with van der Waals surface area (Å²) in [6.07, 6.45) is 1.01. The summed E-state index contributed by atoms with van der Waals surface area (Å²) < 4.78 is 10.4. The Labute approximate surface area is 101 Å². The lowest BCUT2D eigenvalue weighted by Gasteiger charge is -2.10. The average Bonchev–Trinajstić information content (AvgIpc) is 2.82. The van der Waals surface area contributed by atoms with Crippen LogP contribution in [-0.4, -0.2) is 25.2 Å². The Morgan fingerprint density at radius 3 is 2.94 bits per heavy atom. The van der Waals surface area contributed by atoms with E-state index in [-0.39, 0.29) is 12.6 Å². The Morgan fingerprint density at radius 2 is 2.18 bits per heavy atom. The number of Topliss-reactive ketones (excluding diaryl/α,β-unsaturated/α-hetero) is 1. The van der Waals surface area contributed by atoms with Crippen molar-refractivity contribution in [1.29, 1.82) is 0 Å². The van der Waals surface area contributed by atoms with Crippen LogP contribution in [0.25, 0.3) is 0 Å². The summed E-state index contributed by atoms with van der Waals surface area (Å²) in [5.74, 6) is 1.43. The van der Waals surface area contributed by atoms with Crippen LogP contribution in [0.1, 0.15) is 30.6 Å². The van der Waals surface area contributed by atoms with E-state index in [0.717, 1.165) is 6.42 Å². The maximum atomic E-state index is 11.9. The summed E-state index contributed by atoms with van der Waals surface area (Å²) in [4.78, 5) is 11.9. The molecule has 1 unspecified atom stereocenters. The molecule has 0 radical (unpaired) electrons. The first-order valence-corrected chi connectivity index (χ1v) is 5.87. The van der Waals surface area contributed by atoms with E-state index in [1.807, 2.05) is 0 Å². The van der Waals surface area contributed by atoms with Gasteiger partial charge >= 0.3 is 0 Å². The summed E-state index contributed by atoms with van der Waals surface area (Å²) in [6.45, 7) is 4.74. The van der Waals surface area contributed by atoms with E-state index in [1.165, 1.54) is 0 Å². The summed E-state index contributed by atoms with van der Waals surface area (Å²) in [5, 5.41) is 3.18. The highest BCUT2D eigenvalue weighted by molar-refractivity contribution is 5.98. The van der Waals surface area contributed by atoms with Crippen molar-refractivity contribution < 1.29 is 14.3 Å². The van der Waals surface area contributed by atoms with Gasteiger partial charge in [0.25, 0.3) is 0 Å². The molecule has 1 N–H and O–H groups in total. The minimum absolute atomic E-state index is 0.0728. The third kappa shape index (κ3) is 2.77. The van der Waals surface area contributed by atoms with Crippen LogP contribution in [0.3, 0.4) is 0 Å². The largest absolute Gasteiger partial charge is 0.454 e. The summed E-state index contributed by atoms with van der Waals surface area (Å²) in [7, 11) is 0. The maximum absolute atomic E-state index is 11.9. The van der Waals surface area contributed by atoms with Gasteiger partial charge in [-0.25, -0.2) is 0 Å². The van der Waals surface area contributed by atoms with Crippen LogP contribution in [0.5, 0.6) is 11.5 Å². The Balaban J connectivity index is 2.00. The topological polar surface area (TPSA) is 47.6 Å². The van der Waals surface area contributed by atoms with Crippen molar-refractivity contribution >= 4 is 5.78 Å². The third-order valence-electron chi connectivity index (χ3n) is 2.92. The van der Waals surface area contributed by atoms with Gasteiger partial charge in [0.2, 0.25) is 6.79 Å². The molecule has 1 aromatic rings. The number of nitrogens with one attached hydrogen (secondary N) is 1. The van der Waals surface area contributed by atoms with E-state index < -0.39 is 0 Å². The second-order valence-corrected chi connectivity index (χ2v) is 4.18. The maximum Gasteiger partial charge on any atom is 0.231 e. The number of rotatable bonds is 5. The molecule has 0 fully saturated rings. The highest BCUT2D eigenvalue weighted by atomic mass is 16.7. The second kappa shape index (κ2) is 5.19. The molecular weight excluding hydrogens is 218 g/mol. The van der Waals surface area contributed by atoms with E-state index in [1.54, 1.807) is 18.2 Å². The molecule has 1 heterocycles. The lowest BCUT2D eigenvalue weighted by Crippen LogP contribution is -2.30. The molecule has 2 rings (SSSR count). The summed E-state index contributed by atoms with van der Waals surface area (Å²) in [6, 6.07) is 5.64. The van der Waals surface area contributed by atoms with Crippen molar-refractivity contribution in [3.63, 3.8) is 0 Å². The van der Waals surface area contributed by atoms with Crippen LogP contribution in [0.2, 0.25) is 0 Å². The first-order chi connectivity index (χ1) is 8.20. The van der Waals surface area contributed by atoms with E-state index in [4.69, 9.17) is 9.47 Å². The summed E-state index contributed by atoms with van der Waals surface area (Å²) >= 11 is 0. The van der Waals surface area contributed by atoms with Gasteiger partial charge in [-0.05, 0) is 31.5 Å². The lowest BCUT2D eigenvalue weighted by molar-refractivity contribution is 0.0987. The van der Waals surface area contributed by atoms with E-state index in [9.17, 15) is 4.79 Å². The molecule has 4 nitrogen and oxygen atoms in total. The molecule has 92 valence electrons. The van der Waals surface area contributed by atoms with Crippen LogP contribution in [-0.2, 0) is 0 Å². The van der Waals surface area contributed by atoms with Crippen LogP contribution in [0.4, 0.5) is 0 Å². The van der Waals surface area contributed by atoms with Crippen LogP contribution >= 0.6 is 0 Å². The molecule has 0 spiro atoms. The zero-order valence-electron chi connectivity index (χ0n) is 10.2. The van der Waals surface area contributed by atoms with Crippen molar-refractivity contribution in [2.45, 2.75) is 26.3 Å². The van der Waals surface area contributed by atoms with Crippen LogP contribution in [0, 0.1) is 0 Å². The third-order valence-corrected chi connectivity index (χ3v) is 2.92. The normalized spacial score (nSPS) is 14.7. The number of carbonyl (C=O) groups is 1. The first kappa shape index (κ1) is 11.9. The van der Waals surface area contributed by atoms with Gasteiger partial charge in [-0.2, -0.15) is 0 Å². The smallest absolute Gasteiger partial charge is 0.231 e. The lowest BCUT2D eigenvalue weighted by atomic mass is 10.1. The van der Waals surface area contributed by atoms with Gasteiger partial charge < -0.3 is 14.8 Å². The van der Waals surface area contributed by atoms with Crippen molar-refractivity contribution in [1.82, 2.24) is 5.32 Å². The number of benzene rings is 1. The highest BCUT2D eigenvalue weighted by Gasteiger charge is 2.16. The molecule has 1 aliphatic heterocycles. The van der Waals surface area contributed by atoms with Gasteiger partial charge in [0, 0.05) is 11.6 Å². The molecule has 0 aliphatic carbocycles. The number of hydrogen-bond donors (Lipinski definition) is 1. The Bertz CT molecular complexity index is 417. The molecule has 0 saturated heterocycles. The molecule has 0 bridgehead atoms. The van der Waals surface area contributed by atoms with Gasteiger partial charge in [-0.15, -0.1) is 0 Å². The Kier molecular flexibility index (Phi) is 3.64. The van der Waals surface area contributed by atoms with Crippen molar-refractivity contribution in [3.05, 3.63) is 23.8 Å². The van der Waals surface area contributed by atoms with E-state index in [0.29, 0.717) is 29.6 Å². The predicted molar refractivity (Wildman–Crippen MR) is 64.7 cm³/mol. The number of ketones is 1. The van der Waals surface area contributed by atoms with Gasteiger partial charge in [0.05, 0.1) is 6.54 Å². The molecular formula is C13H17NO3. The van der Waals surface area contributed by atoms with Gasteiger partial charge in [-0.1, -0.05) is 6.92 Å². The van der Waals surface area contributed by atoms with E-state index >= 15 is 0 Å². The molecule has 4 heteroatoms. The molecule has 0 amide bonds. The molecule has 17 heavy (non-hydrogen) atoms. The van der Waals surface area contributed by atoms with Gasteiger partial charge in [0.1, 0.15) is 0 Å². The SMILES string of the molecule is CCC(C)NCC(=O)c1ccc2c(c1)OCO2. The monoisotopic (exact) mass is 235 g/mol. The van der Waals surface area contributed by atoms with Crippen LogP contribution < -0.4 is 14.8 Å². The zero-order chi connectivity index (χ0) is 12.3. The fourth-order valence-electron chi connectivity index (χ4n) is 1.58. The number of fused-ring (bicyclic) bond motifs is 1. The van der Waals surface area contributed by atoms with Crippen molar-refractivity contribution in [2.24, 2.45) is 0 Å². The highest BCUT2D eigenvalue weighted by Crippen LogP contribution is 2.32. The molecule has 1 aliphatic rings. The number of hydrogen-bond acceptors (Lipinski definition) is 4. The van der Waals surface area contributed by atoms with Gasteiger partial charge in [0.15, 0.2) is 17.3 Å². The van der Waals surface area contributed by atoms with Gasteiger partial charge in [-0.3, -0.25) is 4.79 Å².